The molecular formula is C35H48N2O13. The van der Waals surface area contributed by atoms with E-state index in [1.165, 1.54) is 6.08 Å². The van der Waals surface area contributed by atoms with Gasteiger partial charge >= 0.3 is 18.0 Å². The standard InChI is InChI=1S/C35H48N2O13/c1-5-6-7-8-9-13-30(44)47-20-19-25(40)16-17-26(41)32-34(50-35(46)36-23(3)38)33-27(48-33)18-15-22(2)21-29(43)37(24(4)39)28(42)12-10-11-14-31(45)49-32/h10-12,14,16-17,21,25-27,32-34,40-41H,5-9,13,15,18-20H2,1-4H3,(H,36,38,46)/b12-10+,14-11-,17-16+,22-21-/t25?,26-,27+,32-,33-,34-/m0/s1. The molecule has 0 aliphatic carbocycles. The van der Waals surface area contributed by atoms with E-state index in [4.69, 9.17) is 18.9 Å². The summed E-state index contributed by atoms with van der Waals surface area (Å²) in [4.78, 5) is 86.6. The second-order valence-electron chi connectivity index (χ2n) is 12.0. The Hall–Kier alpha value is -4.47. The van der Waals surface area contributed by atoms with Crippen molar-refractivity contribution in [3.8, 4) is 0 Å². The van der Waals surface area contributed by atoms with Crippen molar-refractivity contribution in [2.75, 3.05) is 6.61 Å². The number of carbonyl (C=O) groups is 7. The Labute approximate surface area is 291 Å². The monoisotopic (exact) mass is 704 g/mol. The van der Waals surface area contributed by atoms with Gasteiger partial charge in [0.15, 0.2) is 12.2 Å². The number of cyclic esters (lactones) is 1. The van der Waals surface area contributed by atoms with E-state index in [1.54, 1.807) is 6.92 Å². The molecule has 0 radical (unpaired) electrons. The van der Waals surface area contributed by atoms with Gasteiger partial charge in [-0.15, -0.1) is 0 Å². The zero-order valence-electron chi connectivity index (χ0n) is 28.9. The summed E-state index contributed by atoms with van der Waals surface area (Å²) in [7, 11) is 0. The maximum absolute atomic E-state index is 12.9. The summed E-state index contributed by atoms with van der Waals surface area (Å²) in [5.74, 6) is -4.79. The van der Waals surface area contributed by atoms with Gasteiger partial charge in [0.1, 0.15) is 12.2 Å². The number of allylic oxidation sites excluding steroid dienone is 3. The summed E-state index contributed by atoms with van der Waals surface area (Å²) in [5.41, 5.74) is 0.501. The molecule has 0 spiro atoms. The average molecular weight is 705 g/mol. The Morgan fingerprint density at radius 2 is 1.72 bits per heavy atom. The summed E-state index contributed by atoms with van der Waals surface area (Å²) in [6, 6.07) is 0. The molecule has 1 fully saturated rings. The molecule has 15 heteroatoms. The number of carbonyl (C=O) groups excluding carboxylic acids is 7. The lowest BCUT2D eigenvalue weighted by Crippen LogP contribution is -2.48. The molecule has 3 N–H and O–H groups in total. The molecule has 6 atom stereocenters. The minimum Gasteiger partial charge on any atom is -0.466 e. The Balaban J connectivity index is 2.26. The number of ether oxygens (including phenoxy) is 4. The number of rotatable bonds is 13. The summed E-state index contributed by atoms with van der Waals surface area (Å²) in [6.07, 6.45) is 4.38. The van der Waals surface area contributed by atoms with Gasteiger partial charge in [-0.3, -0.25) is 29.3 Å². The van der Waals surface area contributed by atoms with Gasteiger partial charge in [-0.1, -0.05) is 62.5 Å². The Morgan fingerprint density at radius 3 is 2.40 bits per heavy atom. The van der Waals surface area contributed by atoms with Crippen LogP contribution < -0.4 is 5.32 Å². The molecular weight excluding hydrogens is 656 g/mol. The van der Waals surface area contributed by atoms with Crippen LogP contribution in [0.1, 0.15) is 85.5 Å². The number of esters is 2. The molecule has 0 bridgehead atoms. The quantitative estimate of drug-likeness (QED) is 0.0629. The van der Waals surface area contributed by atoms with E-state index in [1.807, 2.05) is 5.32 Å². The SMILES string of the molecule is CCCCCCCC(=O)OCCC(O)/C=C/[C@H](O)[C@@H]1OC(=O)/C=C\C=C\C(=O)N(C(C)=O)C(=O)/C=C(/C)CC[C@H]2O[C@@H]2[C@H]1OC(=O)NC(C)=O. The molecule has 2 rings (SSSR count). The van der Waals surface area contributed by atoms with E-state index < -0.39 is 72.3 Å². The largest absolute Gasteiger partial charge is 0.466 e. The van der Waals surface area contributed by atoms with E-state index in [-0.39, 0.29) is 38.3 Å². The predicted octanol–water partition coefficient (Wildman–Crippen LogP) is 2.63. The first-order chi connectivity index (χ1) is 23.7. The number of hydrogen-bond acceptors (Lipinski definition) is 13. The second kappa shape index (κ2) is 21.6. The number of fused-ring (bicyclic) bond motifs is 1. The summed E-state index contributed by atoms with van der Waals surface area (Å²) in [6.45, 7) is 5.76. The first-order valence-electron chi connectivity index (χ1n) is 16.7. The number of alkyl carbamates (subject to hydrolysis) is 1. The topological polar surface area (TPSA) is 215 Å². The van der Waals surface area contributed by atoms with Crippen molar-refractivity contribution < 1.29 is 62.7 Å². The normalized spacial score (nSPS) is 25.2. The van der Waals surface area contributed by atoms with Crippen molar-refractivity contribution in [1.29, 1.82) is 0 Å². The highest BCUT2D eigenvalue weighted by molar-refractivity contribution is 6.16. The van der Waals surface area contributed by atoms with Crippen molar-refractivity contribution in [3.63, 3.8) is 0 Å². The highest BCUT2D eigenvalue weighted by atomic mass is 16.7. The van der Waals surface area contributed by atoms with Crippen LogP contribution in [0.3, 0.4) is 0 Å². The van der Waals surface area contributed by atoms with Crippen LogP contribution in [0.2, 0.25) is 0 Å². The van der Waals surface area contributed by atoms with Crippen LogP contribution in [0.25, 0.3) is 0 Å². The van der Waals surface area contributed by atoms with E-state index in [2.05, 4.69) is 6.92 Å². The lowest BCUT2D eigenvalue weighted by Gasteiger charge is -2.28. The molecule has 1 saturated heterocycles. The highest BCUT2D eigenvalue weighted by Gasteiger charge is 2.52. The zero-order chi connectivity index (χ0) is 37.2. The van der Waals surface area contributed by atoms with Crippen LogP contribution in [0.15, 0.2) is 48.1 Å². The third-order valence-electron chi connectivity index (χ3n) is 7.60. The average Bonchev–Trinajstić information content (AvgIpc) is 3.81. The smallest absolute Gasteiger partial charge is 0.414 e. The predicted molar refractivity (Wildman–Crippen MR) is 177 cm³/mol. The highest BCUT2D eigenvalue weighted by Crippen LogP contribution is 2.35. The summed E-state index contributed by atoms with van der Waals surface area (Å²) >= 11 is 0. The van der Waals surface area contributed by atoms with E-state index in [0.717, 1.165) is 76.0 Å². The number of amides is 5. The van der Waals surface area contributed by atoms with Gasteiger partial charge in [0.05, 0.1) is 18.8 Å². The molecule has 0 saturated carbocycles. The molecule has 0 aromatic carbocycles. The Morgan fingerprint density at radius 1 is 1.02 bits per heavy atom. The van der Waals surface area contributed by atoms with Gasteiger partial charge in [0.25, 0.3) is 11.8 Å². The van der Waals surface area contributed by atoms with Gasteiger partial charge in [0, 0.05) is 44.9 Å². The number of hydrogen-bond donors (Lipinski definition) is 3. The van der Waals surface area contributed by atoms with Crippen molar-refractivity contribution in [3.05, 3.63) is 48.1 Å². The molecule has 0 aromatic rings. The van der Waals surface area contributed by atoms with Crippen LogP contribution in [0.5, 0.6) is 0 Å². The van der Waals surface area contributed by atoms with Crippen LogP contribution >= 0.6 is 0 Å². The fourth-order valence-electron chi connectivity index (χ4n) is 4.97. The van der Waals surface area contributed by atoms with Crippen LogP contribution in [-0.4, -0.2) is 100 Å². The van der Waals surface area contributed by atoms with Crippen molar-refractivity contribution >= 4 is 41.7 Å². The molecule has 2 aliphatic rings. The number of imide groups is 4. The molecule has 0 aromatic heterocycles. The number of aliphatic hydroxyl groups excluding tert-OH is 2. The van der Waals surface area contributed by atoms with Gasteiger partial charge in [-0.25, -0.2) is 14.5 Å². The van der Waals surface area contributed by atoms with E-state index in [0.29, 0.717) is 16.9 Å². The van der Waals surface area contributed by atoms with Gasteiger partial charge in [-0.2, -0.15) is 0 Å². The fourth-order valence-corrected chi connectivity index (χ4v) is 4.97. The lowest BCUT2D eigenvalue weighted by atomic mass is 9.99. The first-order valence-corrected chi connectivity index (χ1v) is 16.7. The lowest BCUT2D eigenvalue weighted by molar-refractivity contribution is -0.157. The van der Waals surface area contributed by atoms with Crippen molar-refractivity contribution in [2.24, 2.45) is 0 Å². The molecule has 2 aliphatic heterocycles. The number of aliphatic hydroxyl groups is 2. The minimum absolute atomic E-state index is 0.00816. The third-order valence-corrected chi connectivity index (χ3v) is 7.60. The van der Waals surface area contributed by atoms with Gasteiger partial charge < -0.3 is 29.2 Å². The second-order valence-corrected chi connectivity index (χ2v) is 12.0. The molecule has 276 valence electrons. The van der Waals surface area contributed by atoms with Crippen molar-refractivity contribution in [2.45, 2.75) is 122 Å². The van der Waals surface area contributed by atoms with E-state index in [9.17, 15) is 43.8 Å². The Bertz CT molecular complexity index is 1350. The molecule has 15 nitrogen and oxygen atoms in total. The minimum atomic E-state index is -1.68. The molecule has 2 heterocycles. The van der Waals surface area contributed by atoms with Crippen molar-refractivity contribution in [1.82, 2.24) is 10.2 Å². The van der Waals surface area contributed by atoms with Gasteiger partial charge in [-0.05, 0) is 26.2 Å². The molecule has 5 amide bonds. The number of unbranched alkanes of at least 4 members (excludes halogenated alkanes) is 4. The van der Waals surface area contributed by atoms with Crippen LogP contribution in [0.4, 0.5) is 4.79 Å². The van der Waals surface area contributed by atoms with Crippen LogP contribution in [-0.2, 0) is 47.7 Å². The maximum atomic E-state index is 12.9. The summed E-state index contributed by atoms with van der Waals surface area (Å²) < 4.78 is 21.8. The first kappa shape index (κ1) is 41.7. The maximum Gasteiger partial charge on any atom is 0.414 e. The number of epoxide rings is 1. The summed E-state index contributed by atoms with van der Waals surface area (Å²) in [5, 5.41) is 23.6. The molecule has 50 heavy (non-hydrogen) atoms. The fraction of sp³-hybridized carbons (Fsp3) is 0.571. The Kier molecular flexibility index (Phi) is 18.0. The third kappa shape index (κ3) is 15.4. The van der Waals surface area contributed by atoms with Gasteiger partial charge in [0.2, 0.25) is 11.8 Å². The zero-order valence-corrected chi connectivity index (χ0v) is 28.9. The molecule has 1 unspecified atom stereocenters. The van der Waals surface area contributed by atoms with Crippen LogP contribution in [0, 0.1) is 0 Å². The number of nitrogens with one attached hydrogen (secondary N) is 1. The van der Waals surface area contributed by atoms with E-state index >= 15 is 0 Å². The number of nitrogens with zero attached hydrogens (tertiary/aromatic N) is 1.